The van der Waals surface area contributed by atoms with Crippen LogP contribution in [-0.2, 0) is 6.54 Å². The van der Waals surface area contributed by atoms with Crippen LogP contribution in [0.2, 0.25) is 0 Å². The number of nitrogens with one attached hydrogen (secondary N) is 1. The Kier molecular flexibility index (Phi) is 2.75. The zero-order valence-electron chi connectivity index (χ0n) is 10.3. The van der Waals surface area contributed by atoms with Crippen molar-refractivity contribution in [2.75, 3.05) is 12.4 Å². The molecule has 6 heteroatoms. The van der Waals surface area contributed by atoms with Gasteiger partial charge in [0.15, 0.2) is 11.2 Å². The monoisotopic (exact) mass is 256 g/mol. The van der Waals surface area contributed by atoms with Crippen LogP contribution in [0.15, 0.2) is 45.9 Å². The summed E-state index contributed by atoms with van der Waals surface area (Å²) < 4.78 is 6.60. The van der Waals surface area contributed by atoms with Gasteiger partial charge in [0.25, 0.3) is 0 Å². The first-order valence-electron chi connectivity index (χ1n) is 5.85. The number of nitrogens with zero attached hydrogens (tertiary/aromatic N) is 3. The summed E-state index contributed by atoms with van der Waals surface area (Å²) in [5.41, 5.74) is 2.72. The Hall–Kier alpha value is -2.63. The predicted molar refractivity (Wildman–Crippen MR) is 71.2 cm³/mol. The van der Waals surface area contributed by atoms with Crippen molar-refractivity contribution in [1.82, 2.24) is 14.5 Å². The lowest BCUT2D eigenvalue weighted by Crippen LogP contribution is -2.16. The van der Waals surface area contributed by atoms with Crippen molar-refractivity contribution in [3.8, 4) is 0 Å². The van der Waals surface area contributed by atoms with Gasteiger partial charge in [-0.25, -0.2) is 9.78 Å². The molecule has 0 saturated carbocycles. The number of pyridine rings is 2. The second kappa shape index (κ2) is 4.56. The average Bonchev–Trinajstić information content (AvgIpc) is 2.76. The molecular formula is C13H12N4O2. The Labute approximate surface area is 108 Å². The lowest BCUT2D eigenvalue weighted by atomic mass is 10.3. The van der Waals surface area contributed by atoms with Crippen LogP contribution in [-0.4, -0.2) is 21.6 Å². The van der Waals surface area contributed by atoms with E-state index in [1.165, 1.54) is 4.57 Å². The fourth-order valence-electron chi connectivity index (χ4n) is 1.92. The number of oxazole rings is 1. The van der Waals surface area contributed by atoms with Gasteiger partial charge < -0.3 is 9.73 Å². The normalized spacial score (nSPS) is 10.8. The molecule has 0 aliphatic carbocycles. The van der Waals surface area contributed by atoms with E-state index in [0.29, 0.717) is 17.8 Å². The summed E-state index contributed by atoms with van der Waals surface area (Å²) in [4.78, 5) is 20.2. The van der Waals surface area contributed by atoms with Gasteiger partial charge in [0.2, 0.25) is 0 Å². The summed E-state index contributed by atoms with van der Waals surface area (Å²) in [6.45, 7) is 0.332. The first-order valence-corrected chi connectivity index (χ1v) is 5.85. The summed E-state index contributed by atoms with van der Waals surface area (Å²) in [6, 6.07) is 7.19. The van der Waals surface area contributed by atoms with Crippen molar-refractivity contribution in [3.63, 3.8) is 0 Å². The maximum absolute atomic E-state index is 11.8. The zero-order chi connectivity index (χ0) is 13.2. The molecule has 6 nitrogen and oxygen atoms in total. The van der Waals surface area contributed by atoms with Gasteiger partial charge in [-0.3, -0.25) is 9.55 Å². The van der Waals surface area contributed by atoms with Crippen LogP contribution in [0, 0.1) is 0 Å². The maximum atomic E-state index is 11.8. The fourth-order valence-corrected chi connectivity index (χ4v) is 1.92. The van der Waals surface area contributed by atoms with Crippen molar-refractivity contribution in [2.45, 2.75) is 6.54 Å². The van der Waals surface area contributed by atoms with E-state index in [1.54, 1.807) is 24.5 Å². The molecular weight excluding hydrogens is 244 g/mol. The number of anilines is 1. The topological polar surface area (TPSA) is 73.0 Å². The van der Waals surface area contributed by atoms with E-state index in [-0.39, 0.29) is 0 Å². The highest BCUT2D eigenvalue weighted by atomic mass is 16.4. The minimum atomic E-state index is -0.426. The lowest BCUT2D eigenvalue weighted by Gasteiger charge is -2.04. The van der Waals surface area contributed by atoms with E-state index in [4.69, 9.17) is 4.42 Å². The maximum Gasteiger partial charge on any atom is 0.421 e. The molecule has 3 aromatic rings. The van der Waals surface area contributed by atoms with E-state index in [2.05, 4.69) is 15.3 Å². The minimum absolute atomic E-state index is 0.332. The number of fused-ring (bicyclic) bond motifs is 1. The highest BCUT2D eigenvalue weighted by molar-refractivity contribution is 5.67. The largest absolute Gasteiger partial charge is 0.421 e. The van der Waals surface area contributed by atoms with Gasteiger partial charge in [-0.15, -0.1) is 0 Å². The molecule has 0 unspecified atom stereocenters. The van der Waals surface area contributed by atoms with Crippen LogP contribution in [0.5, 0.6) is 0 Å². The van der Waals surface area contributed by atoms with Crippen LogP contribution < -0.4 is 11.1 Å². The third-order valence-corrected chi connectivity index (χ3v) is 2.85. The molecule has 96 valence electrons. The Morgan fingerprint density at radius 2 is 2.21 bits per heavy atom. The smallest absolute Gasteiger partial charge is 0.406 e. The van der Waals surface area contributed by atoms with Gasteiger partial charge in [0, 0.05) is 25.1 Å². The first kappa shape index (κ1) is 11.5. The third kappa shape index (κ3) is 2.08. The second-order valence-electron chi connectivity index (χ2n) is 4.07. The second-order valence-corrected chi connectivity index (χ2v) is 4.07. The van der Waals surface area contributed by atoms with E-state index >= 15 is 0 Å². The summed E-state index contributed by atoms with van der Waals surface area (Å²) in [6.07, 6.45) is 3.33. The molecule has 0 amide bonds. The summed E-state index contributed by atoms with van der Waals surface area (Å²) in [5.74, 6) is -0.426. The quantitative estimate of drug-likeness (QED) is 0.768. The zero-order valence-corrected chi connectivity index (χ0v) is 10.3. The SMILES string of the molecule is CNc1ccnc(Cn2c(=O)oc3cccnc32)c1. The van der Waals surface area contributed by atoms with Crippen LogP contribution in [0.1, 0.15) is 5.69 Å². The third-order valence-electron chi connectivity index (χ3n) is 2.85. The number of aromatic nitrogens is 3. The molecule has 0 aliphatic heterocycles. The molecule has 0 bridgehead atoms. The van der Waals surface area contributed by atoms with Crippen molar-refractivity contribution >= 4 is 16.9 Å². The van der Waals surface area contributed by atoms with Crippen molar-refractivity contribution < 1.29 is 4.42 Å². The van der Waals surface area contributed by atoms with Gasteiger partial charge >= 0.3 is 5.76 Å². The van der Waals surface area contributed by atoms with Crippen LogP contribution >= 0.6 is 0 Å². The molecule has 0 fully saturated rings. The molecule has 0 saturated heterocycles. The molecule has 0 aromatic carbocycles. The molecule has 3 heterocycles. The molecule has 1 N–H and O–H groups in total. The van der Waals surface area contributed by atoms with Gasteiger partial charge in [-0.2, -0.15) is 0 Å². The molecule has 19 heavy (non-hydrogen) atoms. The summed E-state index contributed by atoms with van der Waals surface area (Å²) in [7, 11) is 1.83. The molecule has 0 atom stereocenters. The van der Waals surface area contributed by atoms with Crippen molar-refractivity contribution in [1.29, 1.82) is 0 Å². The number of hydrogen-bond acceptors (Lipinski definition) is 5. The first-order chi connectivity index (χ1) is 9.28. The lowest BCUT2D eigenvalue weighted by molar-refractivity contribution is 0.516. The van der Waals surface area contributed by atoms with Crippen LogP contribution in [0.25, 0.3) is 11.2 Å². The standard InChI is InChI=1S/C13H12N4O2/c1-14-9-4-6-15-10(7-9)8-17-12-11(19-13(17)18)3-2-5-16-12/h2-7H,8H2,1H3,(H,14,15). The average molecular weight is 256 g/mol. The van der Waals surface area contributed by atoms with Gasteiger partial charge in [-0.1, -0.05) is 0 Å². The molecule has 3 rings (SSSR count). The van der Waals surface area contributed by atoms with Gasteiger partial charge in [-0.05, 0) is 24.3 Å². The van der Waals surface area contributed by atoms with E-state index in [1.807, 2.05) is 19.2 Å². The highest BCUT2D eigenvalue weighted by Crippen LogP contribution is 2.12. The van der Waals surface area contributed by atoms with Crippen molar-refractivity contribution in [3.05, 3.63) is 52.9 Å². The summed E-state index contributed by atoms with van der Waals surface area (Å²) >= 11 is 0. The van der Waals surface area contributed by atoms with Gasteiger partial charge in [0.1, 0.15) is 0 Å². The Bertz CT molecular complexity index is 775. The Morgan fingerprint density at radius 1 is 1.32 bits per heavy atom. The fraction of sp³-hybridized carbons (Fsp3) is 0.154. The molecule has 0 spiro atoms. The number of hydrogen-bond donors (Lipinski definition) is 1. The van der Waals surface area contributed by atoms with Gasteiger partial charge in [0.05, 0.1) is 12.2 Å². The van der Waals surface area contributed by atoms with Crippen molar-refractivity contribution in [2.24, 2.45) is 0 Å². The number of rotatable bonds is 3. The van der Waals surface area contributed by atoms with Crippen LogP contribution in [0.4, 0.5) is 5.69 Å². The molecule has 0 radical (unpaired) electrons. The minimum Gasteiger partial charge on any atom is -0.406 e. The Balaban J connectivity index is 2.05. The van der Waals surface area contributed by atoms with Crippen LogP contribution in [0.3, 0.4) is 0 Å². The summed E-state index contributed by atoms with van der Waals surface area (Å²) in [5, 5.41) is 3.03. The molecule has 0 aliphatic rings. The predicted octanol–water partition coefficient (Wildman–Crippen LogP) is 1.47. The Morgan fingerprint density at radius 3 is 3.05 bits per heavy atom. The van der Waals surface area contributed by atoms with E-state index in [0.717, 1.165) is 11.4 Å². The van der Waals surface area contributed by atoms with E-state index < -0.39 is 5.76 Å². The molecule has 3 aromatic heterocycles. The van der Waals surface area contributed by atoms with E-state index in [9.17, 15) is 4.79 Å². The highest BCUT2D eigenvalue weighted by Gasteiger charge is 2.10.